The van der Waals surface area contributed by atoms with Crippen molar-refractivity contribution in [1.82, 2.24) is 20.1 Å². The molecule has 2 N–H and O–H groups in total. The van der Waals surface area contributed by atoms with Gasteiger partial charge in [0.05, 0.1) is 17.0 Å². The minimum absolute atomic E-state index is 0.567. The van der Waals surface area contributed by atoms with Gasteiger partial charge in [0.2, 0.25) is 0 Å². The minimum atomic E-state index is -0.567. The lowest BCUT2D eigenvalue weighted by molar-refractivity contribution is 0.00468. The molecule has 0 radical (unpaired) electrons. The van der Waals surface area contributed by atoms with E-state index in [1.807, 2.05) is 53.3 Å². The molecule has 1 fully saturated rings. The van der Waals surface area contributed by atoms with Crippen molar-refractivity contribution in [3.05, 3.63) is 66.6 Å². The zero-order valence-electron chi connectivity index (χ0n) is 15.5. The van der Waals surface area contributed by atoms with Crippen molar-refractivity contribution >= 4 is 0 Å². The number of benzene rings is 1. The van der Waals surface area contributed by atoms with Gasteiger partial charge in [-0.2, -0.15) is 5.10 Å². The molecular formula is C22H26N4O. The van der Waals surface area contributed by atoms with Crippen molar-refractivity contribution in [3.63, 3.8) is 0 Å². The fraction of sp³-hybridized carbons (Fsp3) is 0.364. The Morgan fingerprint density at radius 3 is 2.59 bits per heavy atom. The number of aliphatic hydroxyl groups is 1. The van der Waals surface area contributed by atoms with Crippen LogP contribution < -0.4 is 5.32 Å². The van der Waals surface area contributed by atoms with E-state index in [-0.39, 0.29) is 0 Å². The SMILES string of the molecule is OC1(CNCc2cn(-c3ccccc3)nc2-c2cccnc2)CCCCC1. The van der Waals surface area contributed by atoms with Crippen LogP contribution in [-0.4, -0.2) is 32.0 Å². The van der Waals surface area contributed by atoms with E-state index in [9.17, 15) is 5.11 Å². The van der Waals surface area contributed by atoms with Crippen LogP contribution in [0.5, 0.6) is 0 Å². The Hall–Kier alpha value is -2.50. The summed E-state index contributed by atoms with van der Waals surface area (Å²) in [7, 11) is 0. The fourth-order valence-corrected chi connectivity index (χ4v) is 3.81. The molecule has 5 heteroatoms. The van der Waals surface area contributed by atoms with Gasteiger partial charge in [-0.15, -0.1) is 0 Å². The maximum Gasteiger partial charge on any atom is 0.0988 e. The van der Waals surface area contributed by atoms with E-state index < -0.39 is 5.60 Å². The quantitative estimate of drug-likeness (QED) is 0.701. The van der Waals surface area contributed by atoms with E-state index in [0.29, 0.717) is 13.1 Å². The maximum atomic E-state index is 10.7. The summed E-state index contributed by atoms with van der Waals surface area (Å²) in [5.74, 6) is 0. The minimum Gasteiger partial charge on any atom is -0.389 e. The lowest BCUT2D eigenvalue weighted by Gasteiger charge is -2.32. The number of pyridine rings is 1. The highest BCUT2D eigenvalue weighted by Gasteiger charge is 2.28. The van der Waals surface area contributed by atoms with Crippen LogP contribution in [0.1, 0.15) is 37.7 Å². The summed E-state index contributed by atoms with van der Waals surface area (Å²) in [5, 5.41) is 19.0. The van der Waals surface area contributed by atoms with E-state index in [1.165, 1.54) is 6.42 Å². The molecule has 27 heavy (non-hydrogen) atoms. The van der Waals surface area contributed by atoms with Gasteiger partial charge in [-0.05, 0) is 37.1 Å². The predicted octanol–water partition coefficient (Wildman–Crippen LogP) is 3.72. The van der Waals surface area contributed by atoms with Gasteiger partial charge in [0.25, 0.3) is 0 Å². The van der Waals surface area contributed by atoms with Crippen molar-refractivity contribution in [2.24, 2.45) is 0 Å². The predicted molar refractivity (Wildman–Crippen MR) is 107 cm³/mol. The van der Waals surface area contributed by atoms with Crippen molar-refractivity contribution in [2.45, 2.75) is 44.2 Å². The second-order valence-electron chi connectivity index (χ2n) is 7.41. The molecule has 4 rings (SSSR count). The van der Waals surface area contributed by atoms with E-state index in [4.69, 9.17) is 5.10 Å². The molecule has 2 heterocycles. The fourth-order valence-electron chi connectivity index (χ4n) is 3.81. The van der Waals surface area contributed by atoms with Crippen LogP contribution in [0.15, 0.2) is 61.1 Å². The Morgan fingerprint density at radius 1 is 1.04 bits per heavy atom. The normalized spacial score (nSPS) is 16.3. The topological polar surface area (TPSA) is 63.0 Å². The molecule has 2 aromatic heterocycles. The van der Waals surface area contributed by atoms with E-state index in [1.54, 1.807) is 6.20 Å². The van der Waals surface area contributed by atoms with Gasteiger partial charge >= 0.3 is 0 Å². The first-order chi connectivity index (χ1) is 13.2. The first-order valence-electron chi connectivity index (χ1n) is 9.71. The maximum absolute atomic E-state index is 10.7. The van der Waals surface area contributed by atoms with Crippen molar-refractivity contribution < 1.29 is 5.11 Å². The Kier molecular flexibility index (Phi) is 5.32. The molecule has 0 aliphatic heterocycles. The third-order valence-electron chi connectivity index (χ3n) is 5.30. The number of para-hydroxylation sites is 1. The van der Waals surface area contributed by atoms with Crippen LogP contribution in [0.2, 0.25) is 0 Å². The number of hydrogen-bond donors (Lipinski definition) is 2. The van der Waals surface area contributed by atoms with Gasteiger partial charge in [-0.1, -0.05) is 37.5 Å². The molecule has 5 nitrogen and oxygen atoms in total. The Balaban J connectivity index is 1.56. The molecule has 0 atom stereocenters. The lowest BCUT2D eigenvalue weighted by atomic mass is 9.85. The standard InChI is InChI=1S/C22H26N4O/c27-22(11-5-2-6-12-22)17-24-15-19-16-26(20-9-3-1-4-10-20)25-21(19)18-8-7-13-23-14-18/h1,3-4,7-10,13-14,16,24,27H,2,5-6,11-12,15,17H2. The summed E-state index contributed by atoms with van der Waals surface area (Å²) in [6.45, 7) is 1.29. The summed E-state index contributed by atoms with van der Waals surface area (Å²) < 4.78 is 1.91. The van der Waals surface area contributed by atoms with Gasteiger partial charge in [0.15, 0.2) is 0 Å². The number of aromatic nitrogens is 3. The van der Waals surface area contributed by atoms with Crippen LogP contribution in [-0.2, 0) is 6.54 Å². The molecule has 0 spiro atoms. The van der Waals surface area contributed by atoms with Gasteiger partial charge in [-0.3, -0.25) is 4.98 Å². The smallest absolute Gasteiger partial charge is 0.0988 e. The zero-order chi connectivity index (χ0) is 18.5. The first kappa shape index (κ1) is 17.9. The van der Waals surface area contributed by atoms with Crippen molar-refractivity contribution in [2.75, 3.05) is 6.54 Å². The lowest BCUT2D eigenvalue weighted by Crippen LogP contribution is -2.41. The highest BCUT2D eigenvalue weighted by atomic mass is 16.3. The van der Waals surface area contributed by atoms with Crippen LogP contribution >= 0.6 is 0 Å². The molecule has 1 aromatic carbocycles. The highest BCUT2D eigenvalue weighted by Crippen LogP contribution is 2.28. The monoisotopic (exact) mass is 362 g/mol. The third-order valence-corrected chi connectivity index (χ3v) is 5.30. The third kappa shape index (κ3) is 4.26. The summed E-state index contributed by atoms with van der Waals surface area (Å²) in [4.78, 5) is 4.24. The van der Waals surface area contributed by atoms with Gasteiger partial charge in [0, 0.05) is 42.8 Å². The average Bonchev–Trinajstić information content (AvgIpc) is 3.14. The summed E-state index contributed by atoms with van der Waals surface area (Å²) in [5.41, 5.74) is 3.49. The van der Waals surface area contributed by atoms with Gasteiger partial charge in [-0.25, -0.2) is 4.68 Å². The molecule has 1 saturated carbocycles. The molecule has 0 amide bonds. The van der Waals surface area contributed by atoms with Crippen molar-refractivity contribution in [1.29, 1.82) is 0 Å². The van der Waals surface area contributed by atoms with Crippen LogP contribution in [0, 0.1) is 0 Å². The van der Waals surface area contributed by atoms with Gasteiger partial charge < -0.3 is 10.4 Å². The van der Waals surface area contributed by atoms with Crippen LogP contribution in [0.25, 0.3) is 16.9 Å². The second kappa shape index (κ2) is 8.03. The molecule has 0 bridgehead atoms. The van der Waals surface area contributed by atoms with Crippen molar-refractivity contribution in [3.8, 4) is 16.9 Å². The second-order valence-corrected chi connectivity index (χ2v) is 7.41. The Labute approximate surface area is 160 Å². The number of rotatable bonds is 6. The molecule has 140 valence electrons. The zero-order valence-corrected chi connectivity index (χ0v) is 15.5. The summed E-state index contributed by atoms with van der Waals surface area (Å²) in [6, 6.07) is 14.1. The number of nitrogens with zero attached hydrogens (tertiary/aromatic N) is 3. The average molecular weight is 362 g/mol. The Morgan fingerprint density at radius 2 is 1.85 bits per heavy atom. The Bertz CT molecular complexity index is 855. The molecule has 1 aliphatic carbocycles. The summed E-state index contributed by atoms with van der Waals surface area (Å²) >= 11 is 0. The van der Waals surface area contributed by atoms with E-state index in [0.717, 1.165) is 48.2 Å². The molecule has 0 unspecified atom stereocenters. The van der Waals surface area contributed by atoms with Gasteiger partial charge in [0.1, 0.15) is 0 Å². The molecule has 1 aliphatic rings. The number of hydrogen-bond acceptors (Lipinski definition) is 4. The molecular weight excluding hydrogens is 336 g/mol. The largest absolute Gasteiger partial charge is 0.389 e. The number of nitrogens with one attached hydrogen (secondary N) is 1. The molecule has 0 saturated heterocycles. The molecule has 3 aromatic rings. The van der Waals surface area contributed by atoms with E-state index >= 15 is 0 Å². The summed E-state index contributed by atoms with van der Waals surface area (Å²) in [6.07, 6.45) is 10.9. The first-order valence-corrected chi connectivity index (χ1v) is 9.71. The highest BCUT2D eigenvalue weighted by molar-refractivity contribution is 5.62. The van der Waals surface area contributed by atoms with Crippen LogP contribution in [0.3, 0.4) is 0 Å². The van der Waals surface area contributed by atoms with E-state index in [2.05, 4.69) is 16.5 Å². The van der Waals surface area contributed by atoms with Crippen LogP contribution in [0.4, 0.5) is 0 Å².